The zero-order valence-electron chi connectivity index (χ0n) is 5.40. The standard InChI is InChI=1S/C7H8BrFO/c1-5(4-10)3-7(9)6(2)8/h3,10H,1-2,4H2/b7-3+. The van der Waals surface area contributed by atoms with Crippen LogP contribution in [0.1, 0.15) is 0 Å². The van der Waals surface area contributed by atoms with Crippen LogP contribution in [0, 0.1) is 0 Å². The van der Waals surface area contributed by atoms with E-state index in [-0.39, 0.29) is 11.1 Å². The predicted octanol–water partition coefficient (Wildman–Crippen LogP) is 2.30. The summed E-state index contributed by atoms with van der Waals surface area (Å²) in [6.45, 7) is 6.42. The monoisotopic (exact) mass is 206 g/mol. The minimum Gasteiger partial charge on any atom is -0.392 e. The van der Waals surface area contributed by atoms with Gasteiger partial charge in [-0.05, 0) is 27.6 Å². The van der Waals surface area contributed by atoms with Crippen LogP contribution in [0.3, 0.4) is 0 Å². The minimum absolute atomic E-state index is 0.155. The second-order valence-electron chi connectivity index (χ2n) is 1.71. The van der Waals surface area contributed by atoms with Gasteiger partial charge in [0.05, 0.1) is 6.61 Å². The molecule has 0 atom stereocenters. The Balaban J connectivity index is 4.16. The first-order chi connectivity index (χ1) is 4.57. The van der Waals surface area contributed by atoms with Gasteiger partial charge in [0.2, 0.25) is 0 Å². The molecule has 56 valence electrons. The average molecular weight is 207 g/mol. The predicted molar refractivity (Wildman–Crippen MR) is 43.5 cm³/mol. The molecule has 0 aromatic heterocycles. The van der Waals surface area contributed by atoms with Gasteiger partial charge in [-0.1, -0.05) is 13.2 Å². The summed E-state index contributed by atoms with van der Waals surface area (Å²) in [5.74, 6) is -0.515. The Hall–Kier alpha value is -0.410. The molecule has 10 heavy (non-hydrogen) atoms. The van der Waals surface area contributed by atoms with Crippen LogP contribution in [0.25, 0.3) is 0 Å². The van der Waals surface area contributed by atoms with Gasteiger partial charge in [-0.15, -0.1) is 0 Å². The summed E-state index contributed by atoms with van der Waals surface area (Å²) >= 11 is 2.84. The van der Waals surface area contributed by atoms with Crippen molar-refractivity contribution < 1.29 is 9.50 Å². The van der Waals surface area contributed by atoms with Crippen LogP contribution in [0.15, 0.2) is 35.1 Å². The summed E-state index contributed by atoms with van der Waals surface area (Å²) in [4.78, 5) is 0. The Labute approximate surface area is 67.7 Å². The fraction of sp³-hybridized carbons (Fsp3) is 0.143. The SMILES string of the molecule is C=C(/C=C(/F)C(=C)Br)CO. The third kappa shape index (κ3) is 3.58. The van der Waals surface area contributed by atoms with E-state index in [4.69, 9.17) is 5.11 Å². The highest BCUT2D eigenvalue weighted by atomic mass is 79.9. The molecule has 0 amide bonds. The second-order valence-corrected chi connectivity index (χ2v) is 2.67. The van der Waals surface area contributed by atoms with Crippen molar-refractivity contribution in [2.75, 3.05) is 6.61 Å². The first-order valence-corrected chi connectivity index (χ1v) is 3.38. The van der Waals surface area contributed by atoms with Crippen molar-refractivity contribution in [1.29, 1.82) is 0 Å². The van der Waals surface area contributed by atoms with Crippen LogP contribution in [0.5, 0.6) is 0 Å². The molecule has 0 aliphatic heterocycles. The Kier molecular flexibility index (Phi) is 4.23. The van der Waals surface area contributed by atoms with Gasteiger partial charge in [0.25, 0.3) is 0 Å². The van der Waals surface area contributed by atoms with E-state index in [0.717, 1.165) is 6.08 Å². The Bertz CT molecular complexity index is 184. The van der Waals surface area contributed by atoms with Gasteiger partial charge in [0.15, 0.2) is 0 Å². The molecule has 0 spiro atoms. The lowest BCUT2D eigenvalue weighted by Crippen LogP contribution is -1.83. The lowest BCUT2D eigenvalue weighted by atomic mass is 10.3. The molecule has 0 aromatic carbocycles. The zero-order chi connectivity index (χ0) is 8.15. The van der Waals surface area contributed by atoms with Crippen LogP contribution in [0.4, 0.5) is 4.39 Å². The molecule has 0 saturated carbocycles. The van der Waals surface area contributed by atoms with E-state index in [2.05, 4.69) is 29.1 Å². The summed E-state index contributed by atoms with van der Waals surface area (Å²) in [5, 5.41) is 8.41. The van der Waals surface area contributed by atoms with Crippen molar-refractivity contribution in [1.82, 2.24) is 0 Å². The molecule has 0 aliphatic carbocycles. The van der Waals surface area contributed by atoms with E-state index in [0.29, 0.717) is 5.57 Å². The van der Waals surface area contributed by atoms with E-state index >= 15 is 0 Å². The van der Waals surface area contributed by atoms with Gasteiger partial charge >= 0.3 is 0 Å². The van der Waals surface area contributed by atoms with Gasteiger partial charge < -0.3 is 5.11 Å². The van der Waals surface area contributed by atoms with Crippen molar-refractivity contribution >= 4 is 15.9 Å². The Morgan fingerprint density at radius 2 is 2.10 bits per heavy atom. The number of aliphatic hydroxyl groups excluding tert-OH is 1. The summed E-state index contributed by atoms with van der Waals surface area (Å²) < 4.78 is 12.7. The lowest BCUT2D eigenvalue weighted by Gasteiger charge is -1.93. The molecule has 0 bridgehead atoms. The third-order valence-corrected chi connectivity index (χ3v) is 1.17. The van der Waals surface area contributed by atoms with Crippen molar-refractivity contribution in [2.24, 2.45) is 0 Å². The van der Waals surface area contributed by atoms with Crippen LogP contribution in [-0.4, -0.2) is 11.7 Å². The van der Waals surface area contributed by atoms with Crippen LogP contribution in [-0.2, 0) is 0 Å². The molecular formula is C7H8BrFO. The van der Waals surface area contributed by atoms with Crippen LogP contribution in [0.2, 0.25) is 0 Å². The molecule has 0 heterocycles. The summed E-state index contributed by atoms with van der Waals surface area (Å²) in [6.07, 6.45) is 1.12. The minimum atomic E-state index is -0.515. The maximum Gasteiger partial charge on any atom is 0.137 e. The van der Waals surface area contributed by atoms with E-state index in [1.165, 1.54) is 0 Å². The topological polar surface area (TPSA) is 20.2 Å². The van der Waals surface area contributed by atoms with Crippen molar-refractivity contribution in [3.63, 3.8) is 0 Å². The number of halogens is 2. The van der Waals surface area contributed by atoms with Crippen LogP contribution < -0.4 is 0 Å². The number of allylic oxidation sites excluding steroid dienone is 2. The van der Waals surface area contributed by atoms with Crippen molar-refractivity contribution in [2.45, 2.75) is 0 Å². The number of hydrogen-bond acceptors (Lipinski definition) is 1. The summed E-state index contributed by atoms with van der Waals surface area (Å²) in [7, 11) is 0. The molecule has 1 N–H and O–H groups in total. The smallest absolute Gasteiger partial charge is 0.137 e. The summed E-state index contributed by atoms with van der Waals surface area (Å²) in [6, 6.07) is 0. The Morgan fingerprint density at radius 1 is 1.60 bits per heavy atom. The van der Waals surface area contributed by atoms with E-state index in [9.17, 15) is 4.39 Å². The van der Waals surface area contributed by atoms with Crippen molar-refractivity contribution in [3.05, 3.63) is 35.1 Å². The maximum atomic E-state index is 12.5. The fourth-order valence-corrected chi connectivity index (χ4v) is 0.418. The largest absolute Gasteiger partial charge is 0.392 e. The van der Waals surface area contributed by atoms with Gasteiger partial charge in [-0.3, -0.25) is 0 Å². The van der Waals surface area contributed by atoms with Gasteiger partial charge in [0, 0.05) is 4.48 Å². The second kappa shape index (κ2) is 4.41. The van der Waals surface area contributed by atoms with Gasteiger partial charge in [0.1, 0.15) is 5.83 Å². The highest BCUT2D eigenvalue weighted by Crippen LogP contribution is 2.16. The van der Waals surface area contributed by atoms with Gasteiger partial charge in [-0.2, -0.15) is 0 Å². The Morgan fingerprint density at radius 3 is 2.40 bits per heavy atom. The molecular weight excluding hydrogens is 199 g/mol. The van der Waals surface area contributed by atoms with E-state index in [1.807, 2.05) is 0 Å². The van der Waals surface area contributed by atoms with Crippen molar-refractivity contribution in [3.8, 4) is 0 Å². The molecule has 3 heteroatoms. The van der Waals surface area contributed by atoms with E-state index in [1.54, 1.807) is 0 Å². The maximum absolute atomic E-state index is 12.5. The molecule has 0 unspecified atom stereocenters. The lowest BCUT2D eigenvalue weighted by molar-refractivity contribution is 0.335. The number of aliphatic hydroxyl groups is 1. The van der Waals surface area contributed by atoms with Crippen LogP contribution >= 0.6 is 15.9 Å². The number of rotatable bonds is 3. The fourth-order valence-electron chi connectivity index (χ4n) is 0.303. The molecule has 0 fully saturated rings. The molecule has 0 aromatic rings. The highest BCUT2D eigenvalue weighted by Gasteiger charge is 1.96. The first kappa shape index (κ1) is 9.59. The van der Waals surface area contributed by atoms with Gasteiger partial charge in [-0.25, -0.2) is 4.39 Å². The first-order valence-electron chi connectivity index (χ1n) is 2.58. The normalized spacial score (nSPS) is 11.3. The average Bonchev–Trinajstić information content (AvgIpc) is 1.87. The zero-order valence-corrected chi connectivity index (χ0v) is 6.99. The molecule has 0 saturated heterocycles. The third-order valence-electron chi connectivity index (χ3n) is 0.793. The molecule has 0 radical (unpaired) electrons. The highest BCUT2D eigenvalue weighted by molar-refractivity contribution is 9.11. The molecule has 1 nitrogen and oxygen atoms in total. The quantitative estimate of drug-likeness (QED) is 0.704. The molecule has 0 aliphatic rings. The van der Waals surface area contributed by atoms with E-state index < -0.39 is 5.83 Å². The number of hydrogen-bond donors (Lipinski definition) is 1. The summed E-state index contributed by atoms with van der Waals surface area (Å²) in [5.41, 5.74) is 0.318. The molecule has 0 rings (SSSR count).